The fourth-order valence-electron chi connectivity index (χ4n) is 1.83. The molecule has 21 heavy (non-hydrogen) atoms. The van der Waals surface area contributed by atoms with E-state index in [4.69, 9.17) is 12.2 Å². The molecule has 0 bridgehead atoms. The number of para-hydroxylation sites is 1. The van der Waals surface area contributed by atoms with Gasteiger partial charge in [-0.2, -0.15) is 0 Å². The number of carbonyl (C=O) groups is 2. The third-order valence-corrected chi connectivity index (χ3v) is 4.17. The highest BCUT2D eigenvalue weighted by Gasteiger charge is 2.32. The second-order valence-electron chi connectivity index (χ2n) is 4.29. The minimum absolute atomic E-state index is 0.171. The van der Waals surface area contributed by atoms with Crippen molar-refractivity contribution >= 4 is 45.8 Å². The van der Waals surface area contributed by atoms with Gasteiger partial charge in [0.25, 0.3) is 5.91 Å². The van der Waals surface area contributed by atoms with Crippen molar-refractivity contribution in [2.75, 3.05) is 11.4 Å². The van der Waals surface area contributed by atoms with Crippen LogP contribution in [0.4, 0.5) is 5.69 Å². The second-order valence-corrected chi connectivity index (χ2v) is 5.97. The Balaban J connectivity index is 2.32. The molecular weight excluding hydrogens is 304 g/mol. The average Bonchev–Trinajstić information content (AvgIpc) is 2.73. The number of benzene rings is 1. The molecule has 1 aliphatic heterocycles. The topological polar surface area (TPSA) is 40.6 Å². The minimum atomic E-state index is -0.202. The molecule has 1 aromatic rings. The maximum atomic E-state index is 12.3. The van der Waals surface area contributed by atoms with Crippen LogP contribution in [0.15, 0.2) is 54.1 Å². The Morgan fingerprint density at radius 3 is 2.67 bits per heavy atom. The second kappa shape index (κ2) is 6.69. The van der Waals surface area contributed by atoms with Crippen molar-refractivity contribution in [2.24, 2.45) is 0 Å². The van der Waals surface area contributed by atoms with Crippen molar-refractivity contribution in [2.45, 2.75) is 6.92 Å². The lowest BCUT2D eigenvalue weighted by atomic mass is 10.3. The zero-order valence-electron chi connectivity index (χ0n) is 11.5. The molecule has 4 nitrogen and oxygen atoms in total. The molecule has 1 aromatic carbocycles. The number of thiocarbonyl (C=S) groups is 1. The van der Waals surface area contributed by atoms with Crippen LogP contribution >= 0.6 is 24.0 Å². The zero-order valence-corrected chi connectivity index (χ0v) is 13.1. The smallest absolute Gasteiger partial charge is 0.267 e. The van der Waals surface area contributed by atoms with E-state index in [1.54, 1.807) is 12.3 Å². The van der Waals surface area contributed by atoms with Gasteiger partial charge in [-0.3, -0.25) is 19.4 Å². The van der Waals surface area contributed by atoms with Crippen molar-refractivity contribution < 1.29 is 9.59 Å². The standard InChI is InChI=1S/C15H14N2O2S2/c1-3-9-16-14(19)13(21-15(16)20)10-17(11(2)18)12-7-5-4-6-8-12/h3-8,10H,1,9H2,2H3. The van der Waals surface area contributed by atoms with Gasteiger partial charge < -0.3 is 0 Å². The van der Waals surface area contributed by atoms with Gasteiger partial charge in [0.05, 0.1) is 4.91 Å². The normalized spacial score (nSPS) is 16.4. The van der Waals surface area contributed by atoms with Crippen molar-refractivity contribution in [1.29, 1.82) is 0 Å². The highest BCUT2D eigenvalue weighted by atomic mass is 32.2. The molecule has 0 spiro atoms. The maximum absolute atomic E-state index is 12.3. The monoisotopic (exact) mass is 318 g/mol. The number of thioether (sulfide) groups is 1. The van der Waals surface area contributed by atoms with E-state index < -0.39 is 0 Å². The summed E-state index contributed by atoms with van der Waals surface area (Å²) >= 11 is 6.36. The molecule has 1 aliphatic rings. The van der Waals surface area contributed by atoms with Crippen molar-refractivity contribution in [3.63, 3.8) is 0 Å². The fraction of sp³-hybridized carbons (Fsp3) is 0.133. The summed E-state index contributed by atoms with van der Waals surface area (Å²) in [6, 6.07) is 9.15. The largest absolute Gasteiger partial charge is 0.289 e. The number of anilines is 1. The Labute approximate surface area is 133 Å². The fourth-order valence-corrected chi connectivity index (χ4v) is 3.07. The average molecular weight is 318 g/mol. The summed E-state index contributed by atoms with van der Waals surface area (Å²) in [7, 11) is 0. The van der Waals surface area contributed by atoms with Gasteiger partial charge >= 0.3 is 0 Å². The lowest BCUT2D eigenvalue weighted by Crippen LogP contribution is -2.29. The molecule has 2 amide bonds. The summed E-state index contributed by atoms with van der Waals surface area (Å²) in [5.74, 6) is -0.373. The molecule has 2 rings (SSSR count). The summed E-state index contributed by atoms with van der Waals surface area (Å²) in [6.07, 6.45) is 3.16. The van der Waals surface area contributed by atoms with Gasteiger partial charge in [0.1, 0.15) is 4.32 Å². The van der Waals surface area contributed by atoms with Gasteiger partial charge in [-0.1, -0.05) is 48.3 Å². The first-order chi connectivity index (χ1) is 10.0. The first-order valence-corrected chi connectivity index (χ1v) is 7.48. The van der Waals surface area contributed by atoms with Crippen molar-refractivity contribution in [3.05, 3.63) is 54.1 Å². The van der Waals surface area contributed by atoms with E-state index in [1.165, 1.54) is 28.5 Å². The summed E-state index contributed by atoms with van der Waals surface area (Å²) in [4.78, 5) is 27.4. The molecule has 1 heterocycles. The third-order valence-electron chi connectivity index (χ3n) is 2.81. The van der Waals surface area contributed by atoms with Crippen molar-refractivity contribution in [1.82, 2.24) is 4.90 Å². The Bertz CT molecular complexity index is 626. The molecule has 0 aromatic heterocycles. The maximum Gasteiger partial charge on any atom is 0.267 e. The molecule has 0 radical (unpaired) electrons. The summed E-state index contributed by atoms with van der Waals surface area (Å²) in [5.41, 5.74) is 0.707. The molecule has 0 N–H and O–H groups in total. The highest BCUT2D eigenvalue weighted by molar-refractivity contribution is 8.26. The number of rotatable bonds is 4. The van der Waals surface area contributed by atoms with Crippen LogP contribution in [0.2, 0.25) is 0 Å². The molecule has 1 fully saturated rings. The van der Waals surface area contributed by atoms with E-state index >= 15 is 0 Å². The number of hydrogen-bond acceptors (Lipinski definition) is 4. The predicted octanol–water partition coefficient (Wildman–Crippen LogP) is 2.93. The first kappa shape index (κ1) is 15.5. The van der Waals surface area contributed by atoms with E-state index in [2.05, 4.69) is 6.58 Å². The number of amides is 2. The lowest BCUT2D eigenvalue weighted by Gasteiger charge is -2.17. The number of carbonyl (C=O) groups excluding carboxylic acids is 2. The SMILES string of the molecule is C=CCN1C(=O)C(=CN(C(C)=O)c2ccccc2)SC1=S. The lowest BCUT2D eigenvalue weighted by molar-refractivity contribution is -0.121. The molecule has 0 saturated carbocycles. The Morgan fingerprint density at radius 2 is 2.10 bits per heavy atom. The third kappa shape index (κ3) is 3.40. The highest BCUT2D eigenvalue weighted by Crippen LogP contribution is 2.32. The van der Waals surface area contributed by atoms with Crippen LogP contribution in [0.5, 0.6) is 0 Å². The van der Waals surface area contributed by atoms with Gasteiger partial charge in [0, 0.05) is 25.4 Å². The summed E-state index contributed by atoms with van der Waals surface area (Å²) in [5, 5.41) is 0. The van der Waals surface area contributed by atoms with Crippen LogP contribution in [-0.2, 0) is 9.59 Å². The van der Waals surface area contributed by atoms with Crippen molar-refractivity contribution in [3.8, 4) is 0 Å². The molecule has 6 heteroatoms. The van der Waals surface area contributed by atoms with Crippen LogP contribution in [0.1, 0.15) is 6.92 Å². The summed E-state index contributed by atoms with van der Waals surface area (Å²) < 4.78 is 0.475. The quantitative estimate of drug-likeness (QED) is 0.486. The Morgan fingerprint density at radius 1 is 1.43 bits per heavy atom. The van der Waals surface area contributed by atoms with Gasteiger partial charge in [-0.05, 0) is 12.1 Å². The van der Waals surface area contributed by atoms with Gasteiger partial charge in [0.15, 0.2) is 0 Å². The predicted molar refractivity (Wildman–Crippen MR) is 89.8 cm³/mol. The molecule has 0 unspecified atom stereocenters. The van der Waals surface area contributed by atoms with Crippen LogP contribution in [0, 0.1) is 0 Å². The molecule has 0 atom stereocenters. The molecule has 0 aliphatic carbocycles. The van der Waals surface area contributed by atoms with Gasteiger partial charge in [-0.15, -0.1) is 6.58 Å². The van der Waals surface area contributed by atoms with E-state index in [9.17, 15) is 9.59 Å². The molecule has 1 saturated heterocycles. The van der Waals surface area contributed by atoms with E-state index in [0.717, 1.165) is 0 Å². The van der Waals surface area contributed by atoms with E-state index in [-0.39, 0.29) is 11.8 Å². The van der Waals surface area contributed by atoms with E-state index in [1.807, 2.05) is 30.3 Å². The minimum Gasteiger partial charge on any atom is -0.289 e. The first-order valence-electron chi connectivity index (χ1n) is 6.26. The van der Waals surface area contributed by atoms with Crippen LogP contribution in [0.25, 0.3) is 0 Å². The van der Waals surface area contributed by atoms with Gasteiger partial charge in [0.2, 0.25) is 5.91 Å². The Kier molecular flexibility index (Phi) is 4.93. The number of hydrogen-bond donors (Lipinski definition) is 0. The molecule has 108 valence electrons. The summed E-state index contributed by atoms with van der Waals surface area (Å²) in [6.45, 7) is 5.43. The van der Waals surface area contributed by atoms with Crippen LogP contribution < -0.4 is 4.90 Å². The Hall–Kier alpha value is -1.92. The molecular formula is C15H14N2O2S2. The number of nitrogens with zero attached hydrogens (tertiary/aromatic N) is 2. The van der Waals surface area contributed by atoms with Gasteiger partial charge in [-0.25, -0.2) is 0 Å². The van der Waals surface area contributed by atoms with Crippen LogP contribution in [0.3, 0.4) is 0 Å². The van der Waals surface area contributed by atoms with Crippen LogP contribution in [-0.4, -0.2) is 27.6 Å². The van der Waals surface area contributed by atoms with E-state index in [0.29, 0.717) is 21.5 Å². The zero-order chi connectivity index (χ0) is 15.4.